The lowest BCUT2D eigenvalue weighted by Gasteiger charge is -2.36. The zero-order valence-electron chi connectivity index (χ0n) is 18.0. The molecule has 2 aromatic rings. The van der Waals surface area contributed by atoms with Gasteiger partial charge in [0, 0.05) is 18.1 Å². The van der Waals surface area contributed by atoms with Gasteiger partial charge in [-0.3, -0.25) is 9.59 Å². The number of carboxylic acid groups (broad SMARTS) is 1. The molecule has 168 valence electrons. The molecule has 0 saturated heterocycles. The highest BCUT2D eigenvalue weighted by Gasteiger charge is 2.41. The summed E-state index contributed by atoms with van der Waals surface area (Å²) in [4.78, 5) is 35.7. The molecule has 4 N–H and O–H groups in total. The molecule has 1 heterocycles. The number of hydrogen-bond acceptors (Lipinski definition) is 5. The molecular formula is C23H27N5O4. The van der Waals surface area contributed by atoms with Crippen molar-refractivity contribution in [2.45, 2.75) is 63.5 Å². The van der Waals surface area contributed by atoms with Gasteiger partial charge in [0.25, 0.3) is 5.56 Å². The van der Waals surface area contributed by atoms with Crippen LogP contribution >= 0.6 is 0 Å². The second-order valence-electron chi connectivity index (χ2n) is 8.09. The van der Waals surface area contributed by atoms with Crippen LogP contribution in [0.25, 0.3) is 11.3 Å². The van der Waals surface area contributed by atoms with Crippen LogP contribution in [0, 0.1) is 11.3 Å². The van der Waals surface area contributed by atoms with Gasteiger partial charge in [0.05, 0.1) is 11.8 Å². The van der Waals surface area contributed by atoms with Crippen molar-refractivity contribution >= 4 is 12.0 Å². The number of hydrogen-bond donors (Lipinski definition) is 4. The van der Waals surface area contributed by atoms with Crippen molar-refractivity contribution in [1.29, 1.82) is 5.26 Å². The van der Waals surface area contributed by atoms with Crippen LogP contribution < -0.4 is 16.2 Å². The first-order valence-corrected chi connectivity index (χ1v) is 10.8. The minimum absolute atomic E-state index is 0.247. The number of nitrogens with zero attached hydrogens (tertiary/aromatic N) is 2. The van der Waals surface area contributed by atoms with E-state index in [0.717, 1.165) is 36.0 Å². The smallest absolute Gasteiger partial charge is 0.405 e. The quantitative estimate of drug-likeness (QED) is 0.523. The number of nitriles is 1. The molecule has 1 atom stereocenters. The van der Waals surface area contributed by atoms with Crippen molar-refractivity contribution in [3.63, 3.8) is 0 Å². The van der Waals surface area contributed by atoms with Crippen LogP contribution in [0.15, 0.2) is 35.1 Å². The van der Waals surface area contributed by atoms with Crippen molar-refractivity contribution in [1.82, 2.24) is 20.8 Å². The molecule has 1 aromatic heterocycles. The highest BCUT2D eigenvalue weighted by atomic mass is 16.4. The van der Waals surface area contributed by atoms with Gasteiger partial charge in [-0.1, -0.05) is 50.5 Å². The van der Waals surface area contributed by atoms with Gasteiger partial charge in [0.15, 0.2) is 0 Å². The Morgan fingerprint density at radius 3 is 2.53 bits per heavy atom. The second-order valence-corrected chi connectivity index (χ2v) is 8.09. The summed E-state index contributed by atoms with van der Waals surface area (Å²) < 4.78 is 0. The Kier molecular flexibility index (Phi) is 7.25. The van der Waals surface area contributed by atoms with Gasteiger partial charge < -0.3 is 15.7 Å². The number of H-pyrrole nitrogens is 1. The Hall–Kier alpha value is -3.67. The second kappa shape index (κ2) is 10.1. The number of carbonyl (C=O) groups is 2. The Labute approximate surface area is 185 Å². The minimum atomic E-state index is -1.24. The first-order chi connectivity index (χ1) is 15.4. The molecule has 0 spiro atoms. The number of amides is 2. The number of aryl methyl sites for hydroxylation is 1. The Morgan fingerprint density at radius 2 is 1.94 bits per heavy atom. The molecule has 1 unspecified atom stereocenters. The van der Waals surface area contributed by atoms with E-state index in [2.05, 4.69) is 26.9 Å². The molecule has 1 aromatic carbocycles. The minimum Gasteiger partial charge on any atom is -0.465 e. The Balaban J connectivity index is 1.72. The third-order valence-corrected chi connectivity index (χ3v) is 5.88. The highest BCUT2D eigenvalue weighted by Crippen LogP contribution is 2.29. The average Bonchev–Trinajstić information content (AvgIpc) is 2.79. The van der Waals surface area contributed by atoms with Crippen LogP contribution in [0.1, 0.15) is 50.2 Å². The molecule has 1 aliphatic rings. The van der Waals surface area contributed by atoms with Crippen molar-refractivity contribution in [3.05, 3.63) is 51.8 Å². The molecule has 0 aliphatic heterocycles. The Morgan fingerprint density at radius 1 is 1.25 bits per heavy atom. The number of aromatic amines is 1. The fourth-order valence-corrected chi connectivity index (χ4v) is 4.19. The molecular weight excluding hydrogens is 410 g/mol. The molecule has 0 bridgehead atoms. The van der Waals surface area contributed by atoms with Gasteiger partial charge >= 0.3 is 6.09 Å². The molecule has 1 aliphatic carbocycles. The summed E-state index contributed by atoms with van der Waals surface area (Å²) in [5.41, 5.74) is 1.78. The van der Waals surface area contributed by atoms with E-state index in [-0.39, 0.29) is 12.0 Å². The number of aromatic nitrogens is 2. The largest absolute Gasteiger partial charge is 0.465 e. The van der Waals surface area contributed by atoms with E-state index >= 15 is 0 Å². The maximum absolute atomic E-state index is 12.9. The van der Waals surface area contributed by atoms with Gasteiger partial charge in [-0.25, -0.2) is 9.89 Å². The first-order valence-electron chi connectivity index (χ1n) is 10.8. The summed E-state index contributed by atoms with van der Waals surface area (Å²) >= 11 is 0. The maximum Gasteiger partial charge on any atom is 0.405 e. The number of carbonyl (C=O) groups excluding carboxylic acids is 1. The van der Waals surface area contributed by atoms with E-state index in [1.165, 1.54) is 6.07 Å². The predicted octanol–water partition coefficient (Wildman–Crippen LogP) is 2.52. The standard InChI is InChI=1S/C23H27N5O4/c1-2-16-13-19(29)27-28-20(16)17-8-6-15(7-9-17)12-18(14-24)25-21(30)23(26-22(31)32)10-4-3-5-11-23/h6-9,13,18,26H,2-5,10-12H2,1H3,(H,25,30)(H,27,29)(H,31,32). The molecule has 9 nitrogen and oxygen atoms in total. The molecule has 1 fully saturated rings. The fraction of sp³-hybridized carbons (Fsp3) is 0.435. The van der Waals surface area contributed by atoms with Crippen LogP contribution in [-0.4, -0.2) is 38.9 Å². The topological polar surface area (TPSA) is 148 Å². The van der Waals surface area contributed by atoms with Crippen LogP contribution in [0.5, 0.6) is 0 Å². The van der Waals surface area contributed by atoms with Crippen molar-refractivity contribution in [2.75, 3.05) is 0 Å². The molecule has 9 heteroatoms. The van der Waals surface area contributed by atoms with Crippen LogP contribution in [0.2, 0.25) is 0 Å². The van der Waals surface area contributed by atoms with Crippen molar-refractivity contribution < 1.29 is 14.7 Å². The lowest BCUT2D eigenvalue weighted by atomic mass is 9.80. The third kappa shape index (κ3) is 5.32. The van der Waals surface area contributed by atoms with Crippen molar-refractivity contribution in [3.8, 4) is 17.3 Å². The van der Waals surface area contributed by atoms with E-state index < -0.39 is 23.6 Å². The molecule has 1 saturated carbocycles. The summed E-state index contributed by atoms with van der Waals surface area (Å²) in [6.45, 7) is 1.95. The van der Waals surface area contributed by atoms with Crippen LogP contribution in [0.3, 0.4) is 0 Å². The predicted molar refractivity (Wildman–Crippen MR) is 118 cm³/mol. The first kappa shape index (κ1) is 23.0. The van der Waals surface area contributed by atoms with Crippen LogP contribution in [-0.2, 0) is 17.6 Å². The summed E-state index contributed by atoms with van der Waals surface area (Å²) in [6, 6.07) is 10.3. The number of rotatable bonds is 7. The summed E-state index contributed by atoms with van der Waals surface area (Å²) in [5, 5.41) is 30.5. The maximum atomic E-state index is 12.9. The fourth-order valence-electron chi connectivity index (χ4n) is 4.19. The van der Waals surface area contributed by atoms with E-state index in [4.69, 9.17) is 0 Å². The lowest BCUT2D eigenvalue weighted by molar-refractivity contribution is -0.129. The van der Waals surface area contributed by atoms with Gasteiger partial charge in [0.2, 0.25) is 5.91 Å². The normalized spacial score (nSPS) is 15.9. The van der Waals surface area contributed by atoms with Gasteiger partial charge in [-0.05, 0) is 30.4 Å². The zero-order chi connectivity index (χ0) is 23.1. The van der Waals surface area contributed by atoms with Gasteiger partial charge in [-0.2, -0.15) is 10.4 Å². The molecule has 2 amide bonds. The van der Waals surface area contributed by atoms with E-state index in [1.54, 1.807) is 0 Å². The monoisotopic (exact) mass is 437 g/mol. The average molecular weight is 438 g/mol. The highest BCUT2D eigenvalue weighted by molar-refractivity contribution is 5.90. The van der Waals surface area contributed by atoms with Gasteiger partial charge in [0.1, 0.15) is 11.6 Å². The van der Waals surface area contributed by atoms with Gasteiger partial charge in [-0.15, -0.1) is 0 Å². The number of benzene rings is 1. The zero-order valence-corrected chi connectivity index (χ0v) is 18.0. The SMILES string of the molecule is CCc1cc(=O)[nH]nc1-c1ccc(CC(C#N)NC(=O)C2(NC(=O)O)CCCCC2)cc1. The third-order valence-electron chi connectivity index (χ3n) is 5.88. The Bertz CT molecular complexity index is 1070. The summed E-state index contributed by atoms with van der Waals surface area (Å²) in [5.74, 6) is -0.451. The lowest BCUT2D eigenvalue weighted by Crippen LogP contribution is -2.61. The summed E-state index contributed by atoms with van der Waals surface area (Å²) in [6.07, 6.45) is 3.01. The van der Waals surface area contributed by atoms with E-state index in [0.29, 0.717) is 25.0 Å². The van der Waals surface area contributed by atoms with Crippen LogP contribution in [0.4, 0.5) is 4.79 Å². The van der Waals surface area contributed by atoms with Crippen molar-refractivity contribution in [2.24, 2.45) is 0 Å². The van der Waals surface area contributed by atoms with E-state index in [9.17, 15) is 24.8 Å². The number of nitrogens with one attached hydrogen (secondary N) is 3. The molecule has 0 radical (unpaired) electrons. The molecule has 32 heavy (non-hydrogen) atoms. The summed E-state index contributed by atoms with van der Waals surface area (Å²) in [7, 11) is 0. The van der Waals surface area contributed by atoms with E-state index in [1.807, 2.05) is 31.2 Å². The molecule has 3 rings (SSSR count).